The van der Waals surface area contributed by atoms with E-state index >= 15 is 0 Å². The molecule has 72 valence electrons. The zero-order chi connectivity index (χ0) is 9.35. The number of ether oxygens (including phenoxy) is 2. The lowest BCUT2D eigenvalue weighted by molar-refractivity contribution is -0.290. The summed E-state index contributed by atoms with van der Waals surface area (Å²) in [6.45, 7) is 3.16. The van der Waals surface area contributed by atoms with Gasteiger partial charge < -0.3 is 9.47 Å². The molecule has 1 saturated heterocycles. The van der Waals surface area contributed by atoms with Gasteiger partial charge in [0.15, 0.2) is 6.10 Å². The maximum atomic E-state index is 12.2. The minimum atomic E-state index is -4.33. The molecule has 2 nitrogen and oxygen atoms in total. The summed E-state index contributed by atoms with van der Waals surface area (Å²) in [5.74, 6) is 0. The summed E-state index contributed by atoms with van der Waals surface area (Å²) in [4.78, 5) is 0. The Bertz CT molecular complexity index is 157. The molecule has 0 aromatic rings. The summed E-state index contributed by atoms with van der Waals surface area (Å²) in [5.41, 5.74) is 0. The Hall–Kier alpha value is -0.290. The average Bonchev–Trinajstić information content (AvgIpc) is 1.92. The van der Waals surface area contributed by atoms with E-state index in [0.717, 1.165) is 0 Å². The lowest BCUT2D eigenvalue weighted by Crippen LogP contribution is -2.49. The number of alkyl halides is 3. The first-order chi connectivity index (χ1) is 5.41. The third-order valence-corrected chi connectivity index (χ3v) is 1.72. The Labute approximate surface area is 68.6 Å². The van der Waals surface area contributed by atoms with Crippen molar-refractivity contribution in [1.82, 2.24) is 0 Å². The van der Waals surface area contributed by atoms with Gasteiger partial charge in [-0.3, -0.25) is 0 Å². The van der Waals surface area contributed by atoms with Gasteiger partial charge >= 0.3 is 6.18 Å². The second kappa shape index (κ2) is 3.22. The maximum Gasteiger partial charge on any atom is 0.417 e. The number of hydrogen-bond donors (Lipinski definition) is 0. The highest BCUT2D eigenvalue weighted by Crippen LogP contribution is 2.30. The van der Waals surface area contributed by atoms with Gasteiger partial charge in [-0.25, -0.2) is 0 Å². The van der Waals surface area contributed by atoms with Crippen LogP contribution in [0.2, 0.25) is 0 Å². The fourth-order valence-electron chi connectivity index (χ4n) is 1.12. The molecule has 0 amide bonds. The van der Waals surface area contributed by atoms with Gasteiger partial charge in [0, 0.05) is 0 Å². The Balaban J connectivity index is 2.61. The van der Waals surface area contributed by atoms with Gasteiger partial charge in [0.1, 0.15) is 0 Å². The smallest absolute Gasteiger partial charge is 0.373 e. The Morgan fingerprint density at radius 2 is 1.83 bits per heavy atom. The SMILES string of the molecule is CC1COC(C)C(C(F)(F)F)O1. The van der Waals surface area contributed by atoms with E-state index in [2.05, 4.69) is 0 Å². The molecular formula is C7H11F3O2. The fourth-order valence-corrected chi connectivity index (χ4v) is 1.12. The minimum absolute atomic E-state index is 0.230. The Morgan fingerprint density at radius 3 is 2.25 bits per heavy atom. The number of hydrogen-bond acceptors (Lipinski definition) is 2. The molecule has 0 spiro atoms. The maximum absolute atomic E-state index is 12.2. The normalized spacial score (nSPS) is 38.2. The molecule has 1 aliphatic rings. The highest BCUT2D eigenvalue weighted by Gasteiger charge is 2.47. The first-order valence-electron chi connectivity index (χ1n) is 3.75. The van der Waals surface area contributed by atoms with E-state index in [1.807, 2.05) is 0 Å². The van der Waals surface area contributed by atoms with Gasteiger partial charge in [-0.1, -0.05) is 0 Å². The molecule has 3 unspecified atom stereocenters. The van der Waals surface area contributed by atoms with Crippen molar-refractivity contribution in [3.05, 3.63) is 0 Å². The number of rotatable bonds is 0. The van der Waals surface area contributed by atoms with Crippen molar-refractivity contribution >= 4 is 0 Å². The number of halogens is 3. The molecule has 12 heavy (non-hydrogen) atoms. The van der Waals surface area contributed by atoms with Crippen molar-refractivity contribution < 1.29 is 22.6 Å². The van der Waals surface area contributed by atoms with Crippen LogP contribution in [0.4, 0.5) is 13.2 Å². The highest BCUT2D eigenvalue weighted by molar-refractivity contribution is 4.79. The molecule has 1 rings (SSSR count). The van der Waals surface area contributed by atoms with Crippen molar-refractivity contribution in [3.8, 4) is 0 Å². The minimum Gasteiger partial charge on any atom is -0.373 e. The van der Waals surface area contributed by atoms with E-state index in [-0.39, 0.29) is 6.61 Å². The van der Waals surface area contributed by atoms with Crippen LogP contribution in [0.3, 0.4) is 0 Å². The van der Waals surface area contributed by atoms with Crippen LogP contribution in [0.5, 0.6) is 0 Å². The topological polar surface area (TPSA) is 18.5 Å². The monoisotopic (exact) mass is 184 g/mol. The lowest BCUT2D eigenvalue weighted by Gasteiger charge is -2.34. The first-order valence-corrected chi connectivity index (χ1v) is 3.75. The van der Waals surface area contributed by atoms with E-state index < -0.39 is 24.5 Å². The molecule has 0 N–H and O–H groups in total. The fraction of sp³-hybridized carbons (Fsp3) is 1.00. The molecule has 0 bridgehead atoms. The predicted octanol–water partition coefficient (Wildman–Crippen LogP) is 1.74. The third kappa shape index (κ3) is 2.10. The summed E-state index contributed by atoms with van der Waals surface area (Å²) < 4.78 is 46.1. The van der Waals surface area contributed by atoms with Crippen LogP contribution in [0.25, 0.3) is 0 Å². The van der Waals surface area contributed by atoms with Gasteiger partial charge in [-0.05, 0) is 13.8 Å². The van der Waals surface area contributed by atoms with Crippen molar-refractivity contribution in [3.63, 3.8) is 0 Å². The zero-order valence-corrected chi connectivity index (χ0v) is 6.89. The van der Waals surface area contributed by atoms with Gasteiger partial charge in [-0.15, -0.1) is 0 Å². The van der Waals surface area contributed by atoms with Crippen LogP contribution in [0.1, 0.15) is 13.8 Å². The first kappa shape index (κ1) is 9.80. The van der Waals surface area contributed by atoms with Crippen molar-refractivity contribution in [1.29, 1.82) is 0 Å². The van der Waals surface area contributed by atoms with Gasteiger partial charge in [-0.2, -0.15) is 13.2 Å². The molecule has 0 aliphatic carbocycles. The van der Waals surface area contributed by atoms with E-state index in [1.165, 1.54) is 6.92 Å². The second-order valence-electron chi connectivity index (χ2n) is 2.95. The predicted molar refractivity (Wildman–Crippen MR) is 35.8 cm³/mol. The van der Waals surface area contributed by atoms with E-state index in [0.29, 0.717) is 0 Å². The summed E-state index contributed by atoms with van der Waals surface area (Å²) in [6.07, 6.45) is -7.48. The lowest BCUT2D eigenvalue weighted by atomic mass is 10.2. The van der Waals surface area contributed by atoms with Crippen LogP contribution < -0.4 is 0 Å². The molecule has 5 heteroatoms. The molecule has 3 atom stereocenters. The standard InChI is InChI=1S/C7H11F3O2/c1-4-3-11-5(2)6(12-4)7(8,9)10/h4-6H,3H2,1-2H3. The van der Waals surface area contributed by atoms with Gasteiger partial charge in [0.05, 0.1) is 18.8 Å². The van der Waals surface area contributed by atoms with Crippen LogP contribution in [0, 0.1) is 0 Å². The zero-order valence-electron chi connectivity index (χ0n) is 6.89. The summed E-state index contributed by atoms with van der Waals surface area (Å²) in [6, 6.07) is 0. The second-order valence-corrected chi connectivity index (χ2v) is 2.95. The molecule has 1 aliphatic heterocycles. The molecule has 0 saturated carbocycles. The van der Waals surface area contributed by atoms with Crippen molar-refractivity contribution in [2.75, 3.05) is 6.61 Å². The van der Waals surface area contributed by atoms with E-state index in [4.69, 9.17) is 9.47 Å². The highest BCUT2D eigenvalue weighted by atomic mass is 19.4. The summed E-state index contributed by atoms with van der Waals surface area (Å²) >= 11 is 0. The molecule has 1 fully saturated rings. The molecule has 0 radical (unpaired) electrons. The van der Waals surface area contributed by atoms with Crippen molar-refractivity contribution in [2.45, 2.75) is 38.3 Å². The van der Waals surface area contributed by atoms with Gasteiger partial charge in [0.25, 0.3) is 0 Å². The molecular weight excluding hydrogens is 173 g/mol. The Morgan fingerprint density at radius 1 is 1.25 bits per heavy atom. The van der Waals surface area contributed by atoms with Crippen LogP contribution in [-0.4, -0.2) is 31.1 Å². The Kier molecular flexibility index (Phi) is 2.63. The molecule has 0 aromatic heterocycles. The molecule has 1 heterocycles. The third-order valence-electron chi connectivity index (χ3n) is 1.72. The largest absolute Gasteiger partial charge is 0.417 e. The van der Waals surface area contributed by atoms with Crippen LogP contribution in [0.15, 0.2) is 0 Å². The van der Waals surface area contributed by atoms with Crippen LogP contribution in [-0.2, 0) is 9.47 Å². The summed E-state index contributed by atoms with van der Waals surface area (Å²) in [7, 11) is 0. The van der Waals surface area contributed by atoms with Crippen LogP contribution >= 0.6 is 0 Å². The van der Waals surface area contributed by atoms with Gasteiger partial charge in [0.2, 0.25) is 0 Å². The van der Waals surface area contributed by atoms with Crippen molar-refractivity contribution in [2.24, 2.45) is 0 Å². The quantitative estimate of drug-likeness (QED) is 0.571. The summed E-state index contributed by atoms with van der Waals surface area (Å²) in [5, 5.41) is 0. The molecule has 0 aromatic carbocycles. The van der Waals surface area contributed by atoms with E-state index in [1.54, 1.807) is 6.92 Å². The van der Waals surface area contributed by atoms with E-state index in [9.17, 15) is 13.2 Å². The average molecular weight is 184 g/mol.